The minimum absolute atomic E-state index is 0.0499. The van der Waals surface area contributed by atoms with E-state index < -0.39 is 0 Å². The fourth-order valence-corrected chi connectivity index (χ4v) is 4.46. The standard InChI is InChI=1S/C24H22N6O3S/c1-2-13-29-22(33)17-8-4-6-10-19(17)30-23(29)27-28-24(30)34-14-20(31)26-18-9-5-3-7-16(18)21(32)25-15-11-12-15/h2-10,15H,1,11-14H2,(H,25,32)(H,26,31). The fourth-order valence-electron chi connectivity index (χ4n) is 3.72. The lowest BCUT2D eigenvalue weighted by Gasteiger charge is -2.11. The highest BCUT2D eigenvalue weighted by Gasteiger charge is 2.25. The fraction of sp³-hybridized carbons (Fsp3) is 0.208. The summed E-state index contributed by atoms with van der Waals surface area (Å²) in [6.45, 7) is 4.01. The Labute approximate surface area is 198 Å². The van der Waals surface area contributed by atoms with Crippen LogP contribution in [0, 0.1) is 0 Å². The Morgan fingerprint density at radius 2 is 1.88 bits per heavy atom. The van der Waals surface area contributed by atoms with E-state index in [0.717, 1.165) is 12.8 Å². The predicted octanol–water partition coefficient (Wildman–Crippen LogP) is 2.85. The molecule has 9 nitrogen and oxygen atoms in total. The van der Waals surface area contributed by atoms with Gasteiger partial charge >= 0.3 is 0 Å². The van der Waals surface area contributed by atoms with Crippen LogP contribution in [0.4, 0.5) is 5.69 Å². The van der Waals surface area contributed by atoms with Gasteiger partial charge < -0.3 is 10.6 Å². The zero-order valence-corrected chi connectivity index (χ0v) is 19.0. The summed E-state index contributed by atoms with van der Waals surface area (Å²) in [5.41, 5.74) is 1.38. The number of para-hydroxylation sites is 2. The molecule has 0 atom stereocenters. The van der Waals surface area contributed by atoms with Crippen LogP contribution in [0.5, 0.6) is 0 Å². The average Bonchev–Trinajstić information content (AvgIpc) is 3.56. The van der Waals surface area contributed by atoms with Crippen molar-refractivity contribution in [1.29, 1.82) is 0 Å². The predicted molar refractivity (Wildman–Crippen MR) is 131 cm³/mol. The zero-order valence-electron chi connectivity index (χ0n) is 18.2. The number of aromatic nitrogens is 4. The van der Waals surface area contributed by atoms with Crippen molar-refractivity contribution < 1.29 is 9.59 Å². The van der Waals surface area contributed by atoms with E-state index in [0.29, 0.717) is 33.1 Å². The van der Waals surface area contributed by atoms with Gasteiger partial charge in [-0.25, -0.2) is 0 Å². The first kappa shape index (κ1) is 21.9. The molecule has 1 fully saturated rings. The van der Waals surface area contributed by atoms with Crippen LogP contribution in [-0.4, -0.2) is 42.8 Å². The second-order valence-electron chi connectivity index (χ2n) is 7.97. The van der Waals surface area contributed by atoms with Gasteiger partial charge in [-0.05, 0) is 37.1 Å². The van der Waals surface area contributed by atoms with Crippen LogP contribution in [0.15, 0.2) is 71.1 Å². The highest BCUT2D eigenvalue weighted by atomic mass is 32.2. The molecule has 2 aromatic carbocycles. The number of benzene rings is 2. The number of anilines is 1. The van der Waals surface area contributed by atoms with Crippen LogP contribution in [-0.2, 0) is 11.3 Å². The summed E-state index contributed by atoms with van der Waals surface area (Å²) in [7, 11) is 0. The number of nitrogens with zero attached hydrogens (tertiary/aromatic N) is 4. The molecule has 172 valence electrons. The van der Waals surface area contributed by atoms with Gasteiger partial charge in [0, 0.05) is 12.6 Å². The molecule has 0 saturated heterocycles. The van der Waals surface area contributed by atoms with Crippen LogP contribution in [0.3, 0.4) is 0 Å². The molecule has 1 saturated carbocycles. The number of fused-ring (bicyclic) bond motifs is 3. The Bertz CT molecular complexity index is 1490. The van der Waals surface area contributed by atoms with Crippen molar-refractivity contribution in [2.75, 3.05) is 11.1 Å². The van der Waals surface area contributed by atoms with Crippen LogP contribution >= 0.6 is 11.8 Å². The quantitative estimate of drug-likeness (QED) is 0.300. The maximum Gasteiger partial charge on any atom is 0.263 e. The number of carbonyl (C=O) groups is 2. The second kappa shape index (κ2) is 9.14. The molecule has 0 bridgehead atoms. The van der Waals surface area contributed by atoms with Gasteiger partial charge in [0.05, 0.1) is 27.9 Å². The van der Waals surface area contributed by atoms with Gasteiger partial charge in [-0.2, -0.15) is 0 Å². The van der Waals surface area contributed by atoms with Gasteiger partial charge in [0.25, 0.3) is 11.5 Å². The Morgan fingerprint density at radius 3 is 2.68 bits per heavy atom. The molecular weight excluding hydrogens is 452 g/mol. The molecule has 2 heterocycles. The van der Waals surface area contributed by atoms with Crippen molar-refractivity contribution >= 4 is 45.9 Å². The Hall–Kier alpha value is -3.92. The van der Waals surface area contributed by atoms with E-state index >= 15 is 0 Å². The first-order valence-corrected chi connectivity index (χ1v) is 11.9. The number of hydrogen-bond acceptors (Lipinski definition) is 6. The minimum Gasteiger partial charge on any atom is -0.349 e. The number of allylic oxidation sites excluding steroid dienone is 1. The van der Waals surface area contributed by atoms with Crippen LogP contribution in [0.25, 0.3) is 16.7 Å². The molecule has 1 aliphatic rings. The summed E-state index contributed by atoms with van der Waals surface area (Å²) in [6.07, 6.45) is 3.60. The summed E-state index contributed by atoms with van der Waals surface area (Å²) >= 11 is 1.20. The van der Waals surface area contributed by atoms with E-state index in [4.69, 9.17) is 0 Å². The topological polar surface area (TPSA) is 110 Å². The van der Waals surface area contributed by atoms with Gasteiger partial charge in [-0.15, -0.1) is 16.8 Å². The number of rotatable bonds is 8. The Kier molecular flexibility index (Phi) is 5.89. The van der Waals surface area contributed by atoms with Crippen molar-refractivity contribution in [3.8, 4) is 0 Å². The van der Waals surface area contributed by atoms with E-state index in [1.54, 1.807) is 46.9 Å². The molecule has 0 radical (unpaired) electrons. The van der Waals surface area contributed by atoms with Crippen LogP contribution in [0.1, 0.15) is 23.2 Å². The highest BCUT2D eigenvalue weighted by Crippen LogP contribution is 2.24. The van der Waals surface area contributed by atoms with Gasteiger partial charge in [0.1, 0.15) is 0 Å². The summed E-state index contributed by atoms with van der Waals surface area (Å²) in [5, 5.41) is 15.2. The first-order chi connectivity index (χ1) is 16.6. The third-order valence-corrected chi connectivity index (χ3v) is 6.41. The SMILES string of the molecule is C=CCn1c(=O)c2ccccc2n2c(SCC(=O)Nc3ccccc3C(=O)NC3CC3)nnc12. The van der Waals surface area contributed by atoms with Crippen LogP contribution in [0.2, 0.25) is 0 Å². The lowest BCUT2D eigenvalue weighted by Crippen LogP contribution is -2.27. The molecular formula is C24H22N6O3S. The van der Waals surface area contributed by atoms with E-state index in [-0.39, 0.29) is 35.7 Å². The van der Waals surface area contributed by atoms with E-state index in [9.17, 15) is 14.4 Å². The second-order valence-corrected chi connectivity index (χ2v) is 8.91. The third-order valence-electron chi connectivity index (χ3n) is 5.48. The highest BCUT2D eigenvalue weighted by molar-refractivity contribution is 7.99. The zero-order chi connectivity index (χ0) is 23.7. The Balaban J connectivity index is 1.39. The molecule has 4 aromatic rings. The van der Waals surface area contributed by atoms with Gasteiger partial charge in [-0.3, -0.25) is 23.4 Å². The number of amides is 2. The molecule has 5 rings (SSSR count). The number of thioether (sulfide) groups is 1. The Morgan fingerprint density at radius 1 is 1.12 bits per heavy atom. The number of carbonyl (C=O) groups excluding carboxylic acids is 2. The largest absolute Gasteiger partial charge is 0.349 e. The lowest BCUT2D eigenvalue weighted by molar-refractivity contribution is -0.113. The normalized spacial score (nSPS) is 13.2. The molecule has 2 N–H and O–H groups in total. The van der Waals surface area contributed by atoms with Gasteiger partial charge in [0.15, 0.2) is 5.16 Å². The monoisotopic (exact) mass is 474 g/mol. The number of hydrogen-bond donors (Lipinski definition) is 2. The molecule has 34 heavy (non-hydrogen) atoms. The van der Waals surface area contributed by atoms with E-state index in [2.05, 4.69) is 27.4 Å². The average molecular weight is 475 g/mol. The summed E-state index contributed by atoms with van der Waals surface area (Å²) < 4.78 is 3.27. The van der Waals surface area contributed by atoms with Crippen molar-refractivity contribution in [2.24, 2.45) is 0 Å². The van der Waals surface area contributed by atoms with Crippen LogP contribution < -0.4 is 16.2 Å². The number of nitrogens with one attached hydrogen (secondary N) is 2. The molecule has 2 amide bonds. The van der Waals surface area contributed by atoms with Gasteiger partial charge in [-0.1, -0.05) is 42.1 Å². The lowest BCUT2D eigenvalue weighted by atomic mass is 10.1. The summed E-state index contributed by atoms with van der Waals surface area (Å²) in [4.78, 5) is 38.2. The molecule has 0 spiro atoms. The van der Waals surface area contributed by atoms with E-state index in [1.165, 1.54) is 16.3 Å². The third kappa shape index (κ3) is 4.19. The molecule has 2 aromatic heterocycles. The molecule has 1 aliphatic carbocycles. The molecule has 0 unspecified atom stereocenters. The maximum atomic E-state index is 12.9. The van der Waals surface area contributed by atoms with Crippen molar-refractivity contribution in [1.82, 2.24) is 24.5 Å². The van der Waals surface area contributed by atoms with E-state index in [1.807, 2.05) is 12.1 Å². The summed E-state index contributed by atoms with van der Waals surface area (Å²) in [6, 6.07) is 14.4. The van der Waals surface area contributed by atoms with Crippen molar-refractivity contribution in [2.45, 2.75) is 30.6 Å². The summed E-state index contributed by atoms with van der Waals surface area (Å²) in [5.74, 6) is -0.0409. The molecule has 0 aliphatic heterocycles. The maximum absolute atomic E-state index is 12.9. The first-order valence-electron chi connectivity index (χ1n) is 10.9. The minimum atomic E-state index is -0.280. The molecule has 10 heteroatoms. The van der Waals surface area contributed by atoms with Gasteiger partial charge in [0.2, 0.25) is 11.7 Å². The van der Waals surface area contributed by atoms with Crippen molar-refractivity contribution in [3.63, 3.8) is 0 Å². The van der Waals surface area contributed by atoms with Crippen molar-refractivity contribution in [3.05, 3.63) is 77.1 Å². The smallest absolute Gasteiger partial charge is 0.263 e.